The summed E-state index contributed by atoms with van der Waals surface area (Å²) in [5.74, 6) is -0.252. The molecule has 1 aliphatic carbocycles. The Morgan fingerprint density at radius 1 is 1.35 bits per heavy atom. The van der Waals surface area contributed by atoms with Crippen molar-refractivity contribution in [2.24, 2.45) is 5.92 Å². The second-order valence-electron chi connectivity index (χ2n) is 6.69. The zero-order valence-electron chi connectivity index (χ0n) is 12.2. The van der Waals surface area contributed by atoms with Crippen LogP contribution < -0.4 is 0 Å². The van der Waals surface area contributed by atoms with Crippen LogP contribution in [-0.4, -0.2) is 58.5 Å². The van der Waals surface area contributed by atoms with Crippen LogP contribution in [0.3, 0.4) is 0 Å². The molecule has 2 atom stereocenters. The summed E-state index contributed by atoms with van der Waals surface area (Å²) in [6.07, 6.45) is 6.76. The minimum Gasteiger partial charge on any atom is -0.480 e. The summed E-state index contributed by atoms with van der Waals surface area (Å²) in [4.78, 5) is 28.2. The topological polar surface area (TPSA) is 60.9 Å². The minimum absolute atomic E-state index is 0.0627. The molecule has 5 heteroatoms. The molecule has 3 rings (SSSR count). The third-order valence-corrected chi connectivity index (χ3v) is 5.40. The molecule has 2 aliphatic heterocycles. The number of aliphatic carboxylic acids is 1. The standard InChI is InChI=1S/C15H24N2O3/c1-16-8-3-2-6-15(16)7-9-17(14(15)20)12(13(18)19)10-11-4-5-11/h11-12H,2-10H2,1H3,(H,18,19). The summed E-state index contributed by atoms with van der Waals surface area (Å²) in [5.41, 5.74) is -0.407. The van der Waals surface area contributed by atoms with Gasteiger partial charge in [0, 0.05) is 6.54 Å². The maximum Gasteiger partial charge on any atom is 0.326 e. The molecule has 3 fully saturated rings. The number of nitrogens with zero attached hydrogens (tertiary/aromatic N) is 2. The van der Waals surface area contributed by atoms with Crippen LogP contribution in [0.1, 0.15) is 44.9 Å². The van der Waals surface area contributed by atoms with Crippen LogP contribution in [-0.2, 0) is 9.59 Å². The van der Waals surface area contributed by atoms with E-state index in [1.165, 1.54) is 0 Å². The first kappa shape index (κ1) is 13.9. The second kappa shape index (κ2) is 5.02. The highest BCUT2D eigenvalue weighted by molar-refractivity contribution is 5.92. The van der Waals surface area contributed by atoms with Gasteiger partial charge in [-0.3, -0.25) is 9.69 Å². The SMILES string of the molecule is CN1CCCCC12CCN(C(CC1CC1)C(=O)O)C2=O. The normalized spacial score (nSPS) is 32.9. The molecule has 20 heavy (non-hydrogen) atoms. The third kappa shape index (κ3) is 2.22. The predicted molar refractivity (Wildman–Crippen MR) is 74.3 cm³/mol. The lowest BCUT2D eigenvalue weighted by Crippen LogP contribution is -2.56. The van der Waals surface area contributed by atoms with Crippen molar-refractivity contribution in [1.82, 2.24) is 9.80 Å². The van der Waals surface area contributed by atoms with E-state index in [0.29, 0.717) is 18.9 Å². The van der Waals surface area contributed by atoms with Crippen LogP contribution in [0.2, 0.25) is 0 Å². The Morgan fingerprint density at radius 2 is 2.10 bits per heavy atom. The fourth-order valence-electron chi connectivity index (χ4n) is 3.87. The van der Waals surface area contributed by atoms with Gasteiger partial charge in [0.05, 0.1) is 0 Å². The number of carboxylic acid groups (broad SMARTS) is 1. The number of rotatable bonds is 4. The van der Waals surface area contributed by atoms with Crippen molar-refractivity contribution in [1.29, 1.82) is 0 Å². The van der Waals surface area contributed by atoms with Crippen LogP contribution in [0.25, 0.3) is 0 Å². The molecule has 0 aromatic carbocycles. The third-order valence-electron chi connectivity index (χ3n) is 5.40. The van der Waals surface area contributed by atoms with Gasteiger partial charge in [-0.25, -0.2) is 4.79 Å². The van der Waals surface area contributed by atoms with E-state index >= 15 is 0 Å². The molecule has 0 aromatic heterocycles. The van der Waals surface area contributed by atoms with Crippen molar-refractivity contribution >= 4 is 11.9 Å². The number of carbonyl (C=O) groups excluding carboxylic acids is 1. The van der Waals surface area contributed by atoms with Gasteiger partial charge in [0.25, 0.3) is 0 Å². The Balaban J connectivity index is 1.77. The molecule has 5 nitrogen and oxygen atoms in total. The number of likely N-dealkylation sites (N-methyl/N-ethyl adjacent to an activating group) is 1. The molecule has 112 valence electrons. The number of hydrogen-bond acceptors (Lipinski definition) is 3. The van der Waals surface area contributed by atoms with Crippen LogP contribution in [0.4, 0.5) is 0 Å². The highest BCUT2D eigenvalue weighted by atomic mass is 16.4. The monoisotopic (exact) mass is 280 g/mol. The Morgan fingerprint density at radius 3 is 2.70 bits per heavy atom. The van der Waals surface area contributed by atoms with Gasteiger partial charge < -0.3 is 10.0 Å². The number of carboxylic acids is 1. The lowest BCUT2D eigenvalue weighted by Gasteiger charge is -2.41. The van der Waals surface area contributed by atoms with Gasteiger partial charge in [-0.1, -0.05) is 12.8 Å². The maximum atomic E-state index is 12.9. The highest BCUT2D eigenvalue weighted by Crippen LogP contribution is 2.40. The fourth-order valence-corrected chi connectivity index (χ4v) is 3.87. The average molecular weight is 280 g/mol. The minimum atomic E-state index is -0.833. The van der Waals surface area contributed by atoms with Crippen LogP contribution in [0.15, 0.2) is 0 Å². The number of likely N-dealkylation sites (tertiary alicyclic amines) is 2. The van der Waals surface area contributed by atoms with E-state index in [2.05, 4.69) is 4.90 Å². The Labute approximate surface area is 119 Å². The maximum absolute atomic E-state index is 12.9. The smallest absolute Gasteiger partial charge is 0.326 e. The van der Waals surface area contributed by atoms with E-state index in [9.17, 15) is 14.7 Å². The summed E-state index contributed by atoms with van der Waals surface area (Å²) in [5, 5.41) is 9.47. The van der Waals surface area contributed by atoms with E-state index in [-0.39, 0.29) is 5.91 Å². The summed E-state index contributed by atoms with van der Waals surface area (Å²) in [6.45, 7) is 1.55. The molecule has 3 aliphatic rings. The van der Waals surface area contributed by atoms with E-state index in [1.54, 1.807) is 4.90 Å². The average Bonchev–Trinajstić information content (AvgIpc) is 3.18. The summed E-state index contributed by atoms with van der Waals surface area (Å²) in [7, 11) is 2.01. The van der Waals surface area contributed by atoms with Crippen molar-refractivity contribution in [2.45, 2.75) is 56.5 Å². The summed E-state index contributed by atoms with van der Waals surface area (Å²) >= 11 is 0. The number of amides is 1. The van der Waals surface area contributed by atoms with E-state index < -0.39 is 17.6 Å². The van der Waals surface area contributed by atoms with E-state index in [1.807, 2.05) is 7.05 Å². The first-order valence-corrected chi connectivity index (χ1v) is 7.80. The van der Waals surface area contributed by atoms with Gasteiger partial charge in [0.1, 0.15) is 11.6 Å². The summed E-state index contributed by atoms with van der Waals surface area (Å²) < 4.78 is 0. The molecule has 0 bridgehead atoms. The van der Waals surface area contributed by atoms with Crippen molar-refractivity contribution in [3.8, 4) is 0 Å². The van der Waals surface area contributed by atoms with Crippen molar-refractivity contribution < 1.29 is 14.7 Å². The van der Waals surface area contributed by atoms with Gasteiger partial charge in [-0.05, 0) is 51.6 Å². The molecule has 2 saturated heterocycles. The molecular weight excluding hydrogens is 256 g/mol. The molecule has 1 spiro atoms. The van der Waals surface area contributed by atoms with Crippen LogP contribution >= 0.6 is 0 Å². The molecule has 0 aromatic rings. The Bertz CT molecular complexity index is 421. The van der Waals surface area contributed by atoms with E-state index in [4.69, 9.17) is 0 Å². The number of piperidine rings is 1. The molecule has 1 amide bonds. The highest BCUT2D eigenvalue weighted by Gasteiger charge is 2.53. The lowest BCUT2D eigenvalue weighted by molar-refractivity contribution is -0.152. The van der Waals surface area contributed by atoms with Gasteiger partial charge in [-0.15, -0.1) is 0 Å². The van der Waals surface area contributed by atoms with Gasteiger partial charge in [0.15, 0.2) is 0 Å². The van der Waals surface area contributed by atoms with Crippen LogP contribution in [0, 0.1) is 5.92 Å². The molecular formula is C15H24N2O3. The molecule has 0 radical (unpaired) electrons. The first-order valence-electron chi connectivity index (χ1n) is 7.80. The quantitative estimate of drug-likeness (QED) is 0.844. The Hall–Kier alpha value is -1.10. The largest absolute Gasteiger partial charge is 0.480 e. The van der Waals surface area contributed by atoms with Gasteiger partial charge in [-0.2, -0.15) is 0 Å². The molecule has 1 N–H and O–H groups in total. The van der Waals surface area contributed by atoms with Crippen molar-refractivity contribution in [3.05, 3.63) is 0 Å². The fraction of sp³-hybridized carbons (Fsp3) is 0.867. The molecule has 2 unspecified atom stereocenters. The Kier molecular flexibility index (Phi) is 3.48. The van der Waals surface area contributed by atoms with E-state index in [0.717, 1.165) is 45.1 Å². The lowest BCUT2D eigenvalue weighted by atomic mass is 9.85. The summed E-state index contributed by atoms with van der Waals surface area (Å²) in [6, 6.07) is -0.607. The zero-order valence-corrected chi connectivity index (χ0v) is 12.2. The first-order chi connectivity index (χ1) is 9.54. The van der Waals surface area contributed by atoms with Crippen LogP contribution in [0.5, 0.6) is 0 Å². The van der Waals surface area contributed by atoms with Crippen molar-refractivity contribution in [2.75, 3.05) is 20.1 Å². The van der Waals surface area contributed by atoms with Crippen molar-refractivity contribution in [3.63, 3.8) is 0 Å². The number of hydrogen-bond donors (Lipinski definition) is 1. The van der Waals surface area contributed by atoms with Gasteiger partial charge in [0.2, 0.25) is 5.91 Å². The second-order valence-corrected chi connectivity index (χ2v) is 6.69. The molecule has 1 saturated carbocycles. The molecule has 2 heterocycles. The zero-order chi connectivity index (χ0) is 14.3. The predicted octanol–water partition coefficient (Wildman–Crippen LogP) is 1.33. The number of carbonyl (C=O) groups is 2. The van der Waals surface area contributed by atoms with Gasteiger partial charge >= 0.3 is 5.97 Å².